The SMILES string of the molecule is COC(=O)N(c1ccccc1)[C@@H](Cc1ccccc1)C(=O)NCC(F)CC[C@@H](CO[Si](c1ccccc1)(c1ccccc1)C(C)(C)C)N(CCC(C)C)C(=O)O. The summed E-state index contributed by atoms with van der Waals surface area (Å²) in [5.74, 6) is -0.287. The lowest BCUT2D eigenvalue weighted by Gasteiger charge is -2.44. The molecule has 9 nitrogen and oxygen atoms in total. The van der Waals surface area contributed by atoms with Crippen LogP contribution in [0, 0.1) is 5.92 Å². The van der Waals surface area contributed by atoms with E-state index in [0.29, 0.717) is 12.1 Å². The molecule has 0 saturated heterocycles. The van der Waals surface area contributed by atoms with Crippen molar-refractivity contribution in [3.63, 3.8) is 0 Å². The maximum absolute atomic E-state index is 16.0. The molecule has 11 heteroatoms. The van der Waals surface area contributed by atoms with Gasteiger partial charge in [0.1, 0.15) is 12.2 Å². The predicted molar refractivity (Wildman–Crippen MR) is 224 cm³/mol. The van der Waals surface area contributed by atoms with Crippen molar-refractivity contribution in [2.75, 3.05) is 31.7 Å². The molecule has 0 spiro atoms. The van der Waals surface area contributed by atoms with E-state index in [1.807, 2.05) is 80.6 Å². The van der Waals surface area contributed by atoms with Gasteiger partial charge in [0.05, 0.1) is 19.8 Å². The van der Waals surface area contributed by atoms with Crippen LogP contribution in [0.1, 0.15) is 59.4 Å². The van der Waals surface area contributed by atoms with E-state index in [9.17, 15) is 19.5 Å². The third-order valence-corrected chi connectivity index (χ3v) is 15.2. The lowest BCUT2D eigenvalue weighted by Crippen LogP contribution is -2.67. The van der Waals surface area contributed by atoms with Gasteiger partial charge in [-0.3, -0.25) is 9.69 Å². The zero-order valence-corrected chi connectivity index (χ0v) is 34.6. The largest absolute Gasteiger partial charge is 0.465 e. The van der Waals surface area contributed by atoms with Crippen LogP contribution in [0.5, 0.6) is 0 Å². The molecule has 0 bridgehead atoms. The van der Waals surface area contributed by atoms with Crippen molar-refractivity contribution < 1.29 is 33.0 Å². The van der Waals surface area contributed by atoms with Crippen LogP contribution in [0.2, 0.25) is 5.04 Å². The first kappa shape index (κ1) is 43.7. The molecule has 4 aromatic carbocycles. The Morgan fingerprint density at radius 1 is 0.786 bits per heavy atom. The molecule has 0 aliphatic rings. The third-order valence-electron chi connectivity index (χ3n) is 10.1. The number of methoxy groups -OCH3 is 1. The minimum absolute atomic E-state index is 0.0245. The van der Waals surface area contributed by atoms with E-state index >= 15 is 4.39 Å². The minimum atomic E-state index is -3.03. The Morgan fingerprint density at radius 2 is 1.30 bits per heavy atom. The molecule has 0 aromatic heterocycles. The minimum Gasteiger partial charge on any atom is -0.465 e. The van der Waals surface area contributed by atoms with E-state index in [1.165, 1.54) is 16.9 Å². The summed E-state index contributed by atoms with van der Waals surface area (Å²) in [5, 5.41) is 15.0. The molecular weight excluding hydrogens is 726 g/mol. The molecule has 300 valence electrons. The van der Waals surface area contributed by atoms with Gasteiger partial charge < -0.3 is 24.5 Å². The number of hydrogen-bond acceptors (Lipinski definition) is 5. The lowest BCUT2D eigenvalue weighted by molar-refractivity contribution is -0.122. The molecule has 56 heavy (non-hydrogen) atoms. The van der Waals surface area contributed by atoms with E-state index in [2.05, 4.69) is 50.4 Å². The van der Waals surface area contributed by atoms with Crippen LogP contribution in [0.4, 0.5) is 19.7 Å². The van der Waals surface area contributed by atoms with Gasteiger partial charge >= 0.3 is 12.2 Å². The zero-order chi connectivity index (χ0) is 40.7. The van der Waals surface area contributed by atoms with Gasteiger partial charge in [-0.05, 0) is 58.3 Å². The maximum Gasteiger partial charge on any atom is 0.414 e. The van der Waals surface area contributed by atoms with Gasteiger partial charge in [-0.2, -0.15) is 0 Å². The summed E-state index contributed by atoms with van der Waals surface area (Å²) in [7, 11) is -1.78. The summed E-state index contributed by atoms with van der Waals surface area (Å²) < 4.78 is 28.3. The number of carboxylic acid groups (broad SMARTS) is 1. The van der Waals surface area contributed by atoms with Gasteiger partial charge in [0.2, 0.25) is 5.91 Å². The highest BCUT2D eigenvalue weighted by Gasteiger charge is 2.50. The van der Waals surface area contributed by atoms with E-state index in [-0.39, 0.29) is 49.9 Å². The van der Waals surface area contributed by atoms with Gasteiger partial charge in [-0.15, -0.1) is 0 Å². The molecule has 0 aliphatic carbocycles. The van der Waals surface area contributed by atoms with Gasteiger partial charge in [0, 0.05) is 25.2 Å². The van der Waals surface area contributed by atoms with Crippen LogP contribution in [0.25, 0.3) is 0 Å². The summed E-state index contributed by atoms with van der Waals surface area (Å²) in [5.41, 5.74) is 1.28. The number of anilines is 1. The van der Waals surface area contributed by atoms with Crippen LogP contribution in [-0.2, 0) is 20.4 Å². The van der Waals surface area contributed by atoms with Gasteiger partial charge in [0.15, 0.2) is 0 Å². The number of rotatable bonds is 19. The molecule has 4 rings (SSSR count). The second-order valence-electron chi connectivity index (χ2n) is 15.6. The number of amides is 3. The van der Waals surface area contributed by atoms with Gasteiger partial charge in [-0.25, -0.2) is 14.0 Å². The number of para-hydroxylation sites is 1. The van der Waals surface area contributed by atoms with Crippen molar-refractivity contribution in [2.45, 2.75) is 83.6 Å². The second-order valence-corrected chi connectivity index (χ2v) is 19.9. The van der Waals surface area contributed by atoms with Crippen LogP contribution in [0.15, 0.2) is 121 Å². The van der Waals surface area contributed by atoms with Crippen LogP contribution >= 0.6 is 0 Å². The van der Waals surface area contributed by atoms with Gasteiger partial charge in [0.25, 0.3) is 8.32 Å². The number of carbonyl (C=O) groups excluding carboxylic acids is 2. The Bertz CT molecular complexity index is 1760. The molecule has 3 amide bonds. The van der Waals surface area contributed by atoms with Crippen molar-refractivity contribution >= 4 is 42.5 Å². The molecule has 0 saturated carbocycles. The lowest BCUT2D eigenvalue weighted by atomic mass is 10.0. The fraction of sp³-hybridized carbons (Fsp3) is 0.400. The van der Waals surface area contributed by atoms with Crippen molar-refractivity contribution in [2.24, 2.45) is 5.92 Å². The average molecular weight is 784 g/mol. The molecule has 0 fully saturated rings. The van der Waals surface area contributed by atoms with Crippen molar-refractivity contribution in [1.82, 2.24) is 10.2 Å². The Balaban J connectivity index is 1.58. The Labute approximate surface area is 333 Å². The first-order valence-electron chi connectivity index (χ1n) is 19.4. The van der Waals surface area contributed by atoms with E-state index in [4.69, 9.17) is 9.16 Å². The number of alkyl halides is 1. The third kappa shape index (κ3) is 11.5. The Morgan fingerprint density at radius 3 is 1.79 bits per heavy atom. The van der Waals surface area contributed by atoms with Crippen molar-refractivity contribution in [1.29, 1.82) is 0 Å². The van der Waals surface area contributed by atoms with Crippen molar-refractivity contribution in [3.05, 3.63) is 127 Å². The van der Waals surface area contributed by atoms with Crippen molar-refractivity contribution in [3.8, 4) is 0 Å². The predicted octanol–water partition coefficient (Wildman–Crippen LogP) is 8.08. The normalized spacial score (nSPS) is 13.4. The molecule has 0 heterocycles. The van der Waals surface area contributed by atoms with E-state index in [0.717, 1.165) is 15.9 Å². The smallest absolute Gasteiger partial charge is 0.414 e. The molecule has 0 radical (unpaired) electrons. The summed E-state index contributed by atoms with van der Waals surface area (Å²) in [4.78, 5) is 42.6. The molecule has 1 unspecified atom stereocenters. The zero-order valence-electron chi connectivity index (χ0n) is 33.6. The number of halogens is 1. The second kappa shape index (κ2) is 20.8. The number of ether oxygens (including phenoxy) is 1. The summed E-state index contributed by atoms with van der Waals surface area (Å²) in [6.07, 6.45) is -2.36. The number of benzene rings is 4. The topological polar surface area (TPSA) is 108 Å². The van der Waals surface area contributed by atoms with Gasteiger partial charge in [-0.1, -0.05) is 144 Å². The quantitative estimate of drug-likeness (QED) is 0.0932. The highest BCUT2D eigenvalue weighted by Crippen LogP contribution is 2.37. The standard InChI is InChI=1S/C45H58FN3O6Si/c1-34(2)29-30-48(43(51)52)38(33-55-56(45(3,4)5,39-23-15-9-16-24-39)40-25-17-10-18-26-40)28-27-36(46)32-47-42(50)41(31-35-19-11-7-12-20-35)49(44(53)54-6)37-21-13-8-14-22-37/h7-26,34,36,38,41H,27-33H2,1-6H3,(H,47,50)(H,51,52)/t36?,38-,41-/m0/s1. The fourth-order valence-electron chi connectivity index (χ4n) is 7.19. The average Bonchev–Trinajstić information content (AvgIpc) is 3.19. The maximum atomic E-state index is 16.0. The molecular formula is C45H58FN3O6Si. The fourth-order valence-corrected chi connectivity index (χ4v) is 11.8. The van der Waals surface area contributed by atoms with Crippen LogP contribution < -0.4 is 20.6 Å². The number of nitrogens with zero attached hydrogens (tertiary/aromatic N) is 2. The summed E-state index contributed by atoms with van der Waals surface area (Å²) in [6, 6.07) is 36.6. The number of carbonyl (C=O) groups is 3. The molecule has 2 N–H and O–H groups in total. The first-order valence-corrected chi connectivity index (χ1v) is 21.3. The number of hydrogen-bond donors (Lipinski definition) is 2. The molecule has 4 aromatic rings. The first-order chi connectivity index (χ1) is 26.8. The summed E-state index contributed by atoms with van der Waals surface area (Å²) in [6.45, 7) is 10.6. The highest BCUT2D eigenvalue weighted by atomic mass is 28.4. The summed E-state index contributed by atoms with van der Waals surface area (Å²) >= 11 is 0. The van der Waals surface area contributed by atoms with E-state index < -0.39 is 44.7 Å². The highest BCUT2D eigenvalue weighted by molar-refractivity contribution is 6.99. The monoisotopic (exact) mass is 783 g/mol. The van der Waals surface area contributed by atoms with Crippen LogP contribution in [0.3, 0.4) is 0 Å². The molecule has 0 aliphatic heterocycles. The van der Waals surface area contributed by atoms with E-state index in [1.54, 1.807) is 30.3 Å². The van der Waals surface area contributed by atoms with Crippen LogP contribution in [-0.4, -0.2) is 81.5 Å². The Kier molecular flexibility index (Phi) is 16.2. The molecule has 3 atom stereocenters. The number of nitrogens with one attached hydrogen (secondary N) is 1. The Hall–Kier alpha value is -5.00.